The van der Waals surface area contributed by atoms with Crippen molar-refractivity contribution in [1.82, 2.24) is 0 Å². The lowest BCUT2D eigenvalue weighted by molar-refractivity contribution is 0.0456. The van der Waals surface area contributed by atoms with Gasteiger partial charge in [0.1, 0.15) is 5.82 Å². The molecule has 0 aliphatic carbocycles. The van der Waals surface area contributed by atoms with Crippen LogP contribution in [0.25, 0.3) is 0 Å². The van der Waals surface area contributed by atoms with Crippen LogP contribution in [-0.4, -0.2) is 19.0 Å². The Hall–Kier alpha value is -0.810. The van der Waals surface area contributed by atoms with Crippen LogP contribution < -0.4 is 0 Å². The molecule has 17 heavy (non-hydrogen) atoms. The van der Waals surface area contributed by atoms with Crippen molar-refractivity contribution in [1.29, 1.82) is 0 Å². The molecule has 92 valence electrons. The monoisotopic (exact) mass is 304 g/mol. The van der Waals surface area contributed by atoms with Crippen LogP contribution in [0.3, 0.4) is 0 Å². The Labute approximate surface area is 106 Å². The molecule has 2 rings (SSSR count). The summed E-state index contributed by atoms with van der Waals surface area (Å²) in [7, 11) is 0. The first-order valence-corrected chi connectivity index (χ1v) is 6.16. The fraction of sp³-hybridized carbons (Fsp3) is 0.417. The third kappa shape index (κ3) is 2.55. The van der Waals surface area contributed by atoms with Crippen LogP contribution in [0, 0.1) is 17.6 Å². The average Bonchev–Trinajstić information content (AvgIpc) is 2.35. The van der Waals surface area contributed by atoms with Crippen LogP contribution in [0.5, 0.6) is 0 Å². The highest BCUT2D eigenvalue weighted by Gasteiger charge is 2.28. The van der Waals surface area contributed by atoms with E-state index in [-0.39, 0.29) is 11.1 Å². The van der Waals surface area contributed by atoms with Gasteiger partial charge in [-0.15, -0.1) is 0 Å². The zero-order valence-electron chi connectivity index (χ0n) is 9.01. The SMILES string of the molecule is O=C(c1c(F)ccc(Br)c1F)C1CCCOC1. The fourth-order valence-electron chi connectivity index (χ4n) is 1.90. The minimum absolute atomic E-state index is 0.0963. The zero-order chi connectivity index (χ0) is 12.4. The summed E-state index contributed by atoms with van der Waals surface area (Å²) in [4.78, 5) is 12.0. The van der Waals surface area contributed by atoms with Gasteiger partial charge in [-0.05, 0) is 40.9 Å². The van der Waals surface area contributed by atoms with Gasteiger partial charge >= 0.3 is 0 Å². The molecule has 2 nitrogen and oxygen atoms in total. The minimum atomic E-state index is -0.833. The molecule has 1 heterocycles. The van der Waals surface area contributed by atoms with Crippen LogP contribution >= 0.6 is 15.9 Å². The molecule has 1 aliphatic heterocycles. The van der Waals surface area contributed by atoms with Crippen LogP contribution in [-0.2, 0) is 4.74 Å². The molecule has 1 aromatic rings. The Bertz CT molecular complexity index is 442. The van der Waals surface area contributed by atoms with E-state index in [2.05, 4.69) is 15.9 Å². The van der Waals surface area contributed by atoms with Crippen molar-refractivity contribution in [3.8, 4) is 0 Å². The summed E-state index contributed by atoms with van der Waals surface area (Å²) in [5, 5.41) is 0. The van der Waals surface area contributed by atoms with Crippen molar-refractivity contribution in [2.45, 2.75) is 12.8 Å². The molecule has 0 amide bonds. The van der Waals surface area contributed by atoms with Crippen LogP contribution in [0.1, 0.15) is 23.2 Å². The molecule has 1 saturated heterocycles. The highest BCUT2D eigenvalue weighted by molar-refractivity contribution is 9.10. The highest BCUT2D eigenvalue weighted by Crippen LogP contribution is 2.26. The molecular formula is C12H11BrF2O2. The predicted molar refractivity (Wildman–Crippen MR) is 61.9 cm³/mol. The lowest BCUT2D eigenvalue weighted by Crippen LogP contribution is -2.26. The van der Waals surface area contributed by atoms with E-state index in [1.165, 1.54) is 6.07 Å². The van der Waals surface area contributed by atoms with Crippen molar-refractivity contribution < 1.29 is 18.3 Å². The van der Waals surface area contributed by atoms with Gasteiger partial charge in [-0.25, -0.2) is 8.78 Å². The van der Waals surface area contributed by atoms with Crippen LogP contribution in [0.4, 0.5) is 8.78 Å². The van der Waals surface area contributed by atoms with Gasteiger partial charge in [-0.2, -0.15) is 0 Å². The van der Waals surface area contributed by atoms with E-state index in [1.54, 1.807) is 0 Å². The van der Waals surface area contributed by atoms with Gasteiger partial charge in [0.2, 0.25) is 0 Å². The zero-order valence-corrected chi connectivity index (χ0v) is 10.6. The molecule has 1 unspecified atom stereocenters. The number of benzene rings is 1. The molecule has 1 atom stereocenters. The molecule has 0 radical (unpaired) electrons. The maximum absolute atomic E-state index is 13.7. The summed E-state index contributed by atoms with van der Waals surface area (Å²) in [6.07, 6.45) is 1.36. The van der Waals surface area contributed by atoms with Crippen molar-refractivity contribution in [3.05, 3.63) is 33.8 Å². The van der Waals surface area contributed by atoms with Crippen molar-refractivity contribution in [2.24, 2.45) is 5.92 Å². The van der Waals surface area contributed by atoms with Gasteiger partial charge < -0.3 is 4.74 Å². The molecular weight excluding hydrogens is 294 g/mol. The number of halogens is 3. The number of carbonyl (C=O) groups excluding carboxylic acids is 1. The summed E-state index contributed by atoms with van der Waals surface area (Å²) >= 11 is 2.95. The third-order valence-electron chi connectivity index (χ3n) is 2.82. The Morgan fingerprint density at radius 3 is 2.82 bits per heavy atom. The summed E-state index contributed by atoms with van der Waals surface area (Å²) in [6.45, 7) is 0.845. The molecule has 1 fully saturated rings. The lowest BCUT2D eigenvalue weighted by atomic mass is 9.92. The molecule has 0 spiro atoms. The molecule has 1 aliphatic rings. The van der Waals surface area contributed by atoms with Crippen LogP contribution in [0.15, 0.2) is 16.6 Å². The largest absolute Gasteiger partial charge is 0.381 e. The smallest absolute Gasteiger partial charge is 0.174 e. The second-order valence-electron chi connectivity index (χ2n) is 4.00. The number of ether oxygens (including phenoxy) is 1. The third-order valence-corrected chi connectivity index (χ3v) is 3.43. The van der Waals surface area contributed by atoms with E-state index in [4.69, 9.17) is 4.74 Å². The Morgan fingerprint density at radius 2 is 2.18 bits per heavy atom. The first-order chi connectivity index (χ1) is 8.11. The summed E-state index contributed by atoms with van der Waals surface area (Å²) in [5.41, 5.74) is -0.463. The quantitative estimate of drug-likeness (QED) is 0.619. The Kier molecular flexibility index (Phi) is 3.89. The Morgan fingerprint density at radius 1 is 1.41 bits per heavy atom. The molecule has 0 aromatic heterocycles. The second-order valence-corrected chi connectivity index (χ2v) is 4.85. The van der Waals surface area contributed by atoms with Gasteiger partial charge in [-0.3, -0.25) is 4.79 Å². The highest BCUT2D eigenvalue weighted by atomic mass is 79.9. The average molecular weight is 305 g/mol. The van der Waals surface area contributed by atoms with E-state index in [0.717, 1.165) is 12.5 Å². The molecule has 5 heteroatoms. The number of hydrogen-bond donors (Lipinski definition) is 0. The minimum Gasteiger partial charge on any atom is -0.381 e. The Balaban J connectivity index is 2.32. The number of ketones is 1. The van der Waals surface area contributed by atoms with E-state index in [1.807, 2.05) is 0 Å². The number of Topliss-reactive ketones (excluding diaryl/α,β-unsaturated/α-hetero) is 1. The topological polar surface area (TPSA) is 26.3 Å². The number of rotatable bonds is 2. The van der Waals surface area contributed by atoms with Gasteiger partial charge in [0.15, 0.2) is 11.6 Å². The second kappa shape index (κ2) is 5.23. The maximum Gasteiger partial charge on any atom is 0.174 e. The lowest BCUT2D eigenvalue weighted by Gasteiger charge is -2.21. The summed E-state index contributed by atoms with van der Waals surface area (Å²) < 4.78 is 32.5. The first-order valence-electron chi connectivity index (χ1n) is 5.36. The molecule has 0 N–H and O–H groups in total. The van der Waals surface area contributed by atoms with Crippen molar-refractivity contribution in [3.63, 3.8) is 0 Å². The van der Waals surface area contributed by atoms with Gasteiger partial charge in [0.05, 0.1) is 16.6 Å². The van der Waals surface area contributed by atoms with Crippen LogP contribution in [0.2, 0.25) is 0 Å². The first kappa shape index (κ1) is 12.6. The fourth-order valence-corrected chi connectivity index (χ4v) is 2.23. The van der Waals surface area contributed by atoms with E-state index in [9.17, 15) is 13.6 Å². The van der Waals surface area contributed by atoms with Crippen molar-refractivity contribution >= 4 is 21.7 Å². The van der Waals surface area contributed by atoms with Gasteiger partial charge in [0, 0.05) is 12.5 Å². The van der Waals surface area contributed by atoms with E-state index >= 15 is 0 Å². The molecule has 0 bridgehead atoms. The maximum atomic E-state index is 13.7. The van der Waals surface area contributed by atoms with Gasteiger partial charge in [-0.1, -0.05) is 0 Å². The summed E-state index contributed by atoms with van der Waals surface area (Å²) in [5.74, 6) is -2.61. The normalized spacial score (nSPS) is 20.3. The van der Waals surface area contributed by atoms with Crippen molar-refractivity contribution in [2.75, 3.05) is 13.2 Å². The molecule has 0 saturated carbocycles. The predicted octanol–water partition coefficient (Wildman–Crippen LogP) is 3.34. The van der Waals surface area contributed by atoms with E-state index in [0.29, 0.717) is 13.0 Å². The summed E-state index contributed by atoms with van der Waals surface area (Å²) in [6, 6.07) is 2.34. The number of hydrogen-bond acceptors (Lipinski definition) is 2. The van der Waals surface area contributed by atoms with E-state index < -0.39 is 28.9 Å². The number of carbonyl (C=O) groups is 1. The standard InChI is InChI=1S/C12H11BrF2O2/c13-8-3-4-9(14)10(11(8)15)12(16)7-2-1-5-17-6-7/h3-4,7H,1-2,5-6H2. The molecule has 1 aromatic carbocycles. The van der Waals surface area contributed by atoms with Gasteiger partial charge in [0.25, 0.3) is 0 Å².